The molecule has 0 bridgehead atoms. The van der Waals surface area contributed by atoms with E-state index in [1.165, 1.54) is 0 Å². The summed E-state index contributed by atoms with van der Waals surface area (Å²) in [6.45, 7) is 11.9. The third-order valence-corrected chi connectivity index (χ3v) is 2.32. The van der Waals surface area contributed by atoms with E-state index in [2.05, 4.69) is 20.4 Å². The maximum atomic E-state index is 5.83. The molecule has 0 amide bonds. The molecule has 0 aromatic heterocycles. The van der Waals surface area contributed by atoms with Crippen molar-refractivity contribution in [3.05, 3.63) is 36.4 Å². The van der Waals surface area contributed by atoms with Crippen molar-refractivity contribution in [2.45, 2.75) is 40.1 Å². The molecule has 0 aliphatic rings. The van der Waals surface area contributed by atoms with Crippen molar-refractivity contribution in [1.82, 2.24) is 0 Å². The van der Waals surface area contributed by atoms with Crippen LogP contribution in [0.5, 0.6) is 5.75 Å². The largest absolute Gasteiger partial charge is 0.465 e. The second-order valence-electron chi connectivity index (χ2n) is 4.69. The van der Waals surface area contributed by atoms with E-state index in [1.807, 2.05) is 44.2 Å². The van der Waals surface area contributed by atoms with Gasteiger partial charge in [-0.25, -0.2) is 0 Å². The first kappa shape index (κ1) is 13.8. The minimum atomic E-state index is -0.204. The highest BCUT2D eigenvalue weighted by molar-refractivity contribution is 5.48. The number of ether oxygens (including phenoxy) is 2. The van der Waals surface area contributed by atoms with Gasteiger partial charge in [-0.1, -0.05) is 38.6 Å². The second kappa shape index (κ2) is 6.45. The Morgan fingerprint density at radius 1 is 1.06 bits per heavy atom. The Kier molecular flexibility index (Phi) is 5.23. The molecule has 1 aromatic carbocycles. The minimum Gasteiger partial charge on any atom is -0.465 e. The first-order chi connectivity index (χ1) is 8.02. The molecule has 1 rings (SSSR count). The van der Waals surface area contributed by atoms with E-state index in [1.54, 1.807) is 0 Å². The van der Waals surface area contributed by atoms with Crippen molar-refractivity contribution < 1.29 is 9.47 Å². The fourth-order valence-electron chi connectivity index (χ4n) is 1.41. The Hall–Kier alpha value is -1.28. The van der Waals surface area contributed by atoms with Crippen LogP contribution in [0.3, 0.4) is 0 Å². The SMILES string of the molecule is C=Cc1ccc(OC(OC(C)C)C(C)C)cc1. The molecule has 0 fully saturated rings. The first-order valence-electron chi connectivity index (χ1n) is 6.07. The van der Waals surface area contributed by atoms with Crippen LogP contribution in [0, 0.1) is 5.92 Å². The maximum absolute atomic E-state index is 5.83. The zero-order valence-corrected chi connectivity index (χ0v) is 11.1. The van der Waals surface area contributed by atoms with E-state index in [0.29, 0.717) is 5.92 Å². The Morgan fingerprint density at radius 2 is 1.65 bits per heavy atom. The molecule has 17 heavy (non-hydrogen) atoms. The zero-order valence-electron chi connectivity index (χ0n) is 11.1. The van der Waals surface area contributed by atoms with Crippen molar-refractivity contribution in [1.29, 1.82) is 0 Å². The highest BCUT2D eigenvalue weighted by atomic mass is 16.7. The summed E-state index contributed by atoms with van der Waals surface area (Å²) in [5, 5.41) is 0. The van der Waals surface area contributed by atoms with Gasteiger partial charge in [0.2, 0.25) is 6.29 Å². The lowest BCUT2D eigenvalue weighted by Crippen LogP contribution is -2.29. The summed E-state index contributed by atoms with van der Waals surface area (Å²) < 4.78 is 11.6. The fraction of sp³-hybridized carbons (Fsp3) is 0.467. The van der Waals surface area contributed by atoms with Gasteiger partial charge in [-0.05, 0) is 31.5 Å². The van der Waals surface area contributed by atoms with Crippen LogP contribution in [0.2, 0.25) is 0 Å². The summed E-state index contributed by atoms with van der Waals surface area (Å²) in [6, 6.07) is 7.84. The molecule has 2 nitrogen and oxygen atoms in total. The highest BCUT2D eigenvalue weighted by Gasteiger charge is 2.17. The Morgan fingerprint density at radius 3 is 2.06 bits per heavy atom. The van der Waals surface area contributed by atoms with Crippen molar-refractivity contribution in [3.63, 3.8) is 0 Å². The van der Waals surface area contributed by atoms with E-state index in [4.69, 9.17) is 9.47 Å². The molecule has 1 unspecified atom stereocenters. The zero-order chi connectivity index (χ0) is 12.8. The molecule has 0 radical (unpaired) electrons. The third-order valence-electron chi connectivity index (χ3n) is 2.32. The van der Waals surface area contributed by atoms with E-state index in [-0.39, 0.29) is 12.4 Å². The lowest BCUT2D eigenvalue weighted by Gasteiger charge is -2.24. The van der Waals surface area contributed by atoms with Gasteiger partial charge in [0.05, 0.1) is 6.10 Å². The number of benzene rings is 1. The number of hydrogen-bond donors (Lipinski definition) is 0. The van der Waals surface area contributed by atoms with Gasteiger partial charge in [-0.2, -0.15) is 0 Å². The predicted molar refractivity (Wildman–Crippen MR) is 72.0 cm³/mol. The van der Waals surface area contributed by atoms with Crippen LogP contribution in [0.25, 0.3) is 6.08 Å². The fourth-order valence-corrected chi connectivity index (χ4v) is 1.41. The smallest absolute Gasteiger partial charge is 0.202 e. The van der Waals surface area contributed by atoms with E-state index >= 15 is 0 Å². The van der Waals surface area contributed by atoms with E-state index in [9.17, 15) is 0 Å². The molecule has 0 saturated carbocycles. The first-order valence-corrected chi connectivity index (χ1v) is 6.07. The van der Waals surface area contributed by atoms with Crippen LogP contribution in [-0.4, -0.2) is 12.4 Å². The lowest BCUT2D eigenvalue weighted by atomic mass is 10.2. The summed E-state index contributed by atoms with van der Waals surface area (Å²) in [4.78, 5) is 0. The minimum absolute atomic E-state index is 0.162. The molecule has 0 aliphatic heterocycles. The molecule has 0 aliphatic carbocycles. The summed E-state index contributed by atoms with van der Waals surface area (Å²) in [5.74, 6) is 1.14. The molecule has 0 saturated heterocycles. The van der Waals surface area contributed by atoms with Crippen LogP contribution in [0.4, 0.5) is 0 Å². The van der Waals surface area contributed by atoms with Crippen LogP contribution in [0.1, 0.15) is 33.3 Å². The Balaban J connectivity index is 2.68. The molecule has 2 heteroatoms. The van der Waals surface area contributed by atoms with Crippen LogP contribution < -0.4 is 4.74 Å². The molecular formula is C15H22O2. The summed E-state index contributed by atoms with van der Waals surface area (Å²) in [7, 11) is 0. The average molecular weight is 234 g/mol. The quantitative estimate of drug-likeness (QED) is 0.689. The Bertz CT molecular complexity index is 338. The summed E-state index contributed by atoms with van der Waals surface area (Å²) in [5.41, 5.74) is 1.09. The summed E-state index contributed by atoms with van der Waals surface area (Å²) >= 11 is 0. The van der Waals surface area contributed by atoms with Crippen LogP contribution in [-0.2, 0) is 4.74 Å². The Labute approximate surface area is 104 Å². The van der Waals surface area contributed by atoms with Gasteiger partial charge < -0.3 is 9.47 Å². The van der Waals surface area contributed by atoms with E-state index < -0.39 is 0 Å². The van der Waals surface area contributed by atoms with Gasteiger partial charge in [-0.3, -0.25) is 0 Å². The van der Waals surface area contributed by atoms with Gasteiger partial charge in [0, 0.05) is 5.92 Å². The molecule has 1 atom stereocenters. The standard InChI is InChI=1S/C15H22O2/c1-6-13-7-9-14(10-8-13)17-15(11(2)3)16-12(4)5/h6-12,15H,1H2,2-5H3. The van der Waals surface area contributed by atoms with Crippen molar-refractivity contribution in [2.75, 3.05) is 0 Å². The molecule has 0 spiro atoms. The van der Waals surface area contributed by atoms with Gasteiger partial charge in [-0.15, -0.1) is 0 Å². The normalized spacial score (nSPS) is 12.8. The lowest BCUT2D eigenvalue weighted by molar-refractivity contribution is -0.132. The molecule has 1 aromatic rings. The van der Waals surface area contributed by atoms with Crippen LogP contribution in [0.15, 0.2) is 30.8 Å². The number of rotatable bonds is 6. The van der Waals surface area contributed by atoms with Gasteiger partial charge >= 0.3 is 0 Å². The predicted octanol–water partition coefficient (Wildman–Crippen LogP) is 4.12. The molecule has 0 N–H and O–H groups in total. The topological polar surface area (TPSA) is 18.5 Å². The average Bonchev–Trinajstić information content (AvgIpc) is 2.28. The second-order valence-corrected chi connectivity index (χ2v) is 4.69. The van der Waals surface area contributed by atoms with Gasteiger partial charge in [0.1, 0.15) is 5.75 Å². The van der Waals surface area contributed by atoms with Crippen molar-refractivity contribution in [2.24, 2.45) is 5.92 Å². The monoisotopic (exact) mass is 234 g/mol. The molecule has 0 heterocycles. The maximum Gasteiger partial charge on any atom is 0.202 e. The van der Waals surface area contributed by atoms with Crippen LogP contribution >= 0.6 is 0 Å². The van der Waals surface area contributed by atoms with E-state index in [0.717, 1.165) is 11.3 Å². The molecular weight excluding hydrogens is 212 g/mol. The third kappa shape index (κ3) is 4.61. The summed E-state index contributed by atoms with van der Waals surface area (Å²) in [6.07, 6.45) is 1.77. The van der Waals surface area contributed by atoms with Gasteiger partial charge in [0.25, 0.3) is 0 Å². The number of hydrogen-bond acceptors (Lipinski definition) is 2. The van der Waals surface area contributed by atoms with Gasteiger partial charge in [0.15, 0.2) is 0 Å². The highest BCUT2D eigenvalue weighted by Crippen LogP contribution is 2.19. The van der Waals surface area contributed by atoms with Crippen molar-refractivity contribution >= 4 is 6.08 Å². The van der Waals surface area contributed by atoms with Crippen molar-refractivity contribution in [3.8, 4) is 5.75 Å². The molecule has 94 valence electrons.